The molecule has 2 N–H and O–H groups in total. The lowest BCUT2D eigenvalue weighted by molar-refractivity contribution is 0.178. The molecule has 0 fully saturated rings. The van der Waals surface area contributed by atoms with Crippen molar-refractivity contribution >= 4 is 33.9 Å². The Morgan fingerprint density at radius 3 is 2.22 bits per heavy atom. The minimum atomic E-state index is 0.492. The molecule has 0 aliphatic heterocycles. The number of methoxy groups -OCH3 is 2. The van der Waals surface area contributed by atoms with Crippen molar-refractivity contribution in [1.82, 2.24) is 15.2 Å². The molecule has 0 spiro atoms. The molecule has 0 radical (unpaired) electrons. The van der Waals surface area contributed by atoms with Crippen LogP contribution in [0.5, 0.6) is 23.0 Å². The van der Waals surface area contributed by atoms with Crippen molar-refractivity contribution in [3.63, 3.8) is 0 Å². The second-order valence-corrected chi connectivity index (χ2v) is 9.71. The first-order valence-corrected chi connectivity index (χ1v) is 12.7. The monoisotopic (exact) mass is 510 g/mol. The van der Waals surface area contributed by atoms with E-state index in [2.05, 4.69) is 55.1 Å². The highest BCUT2D eigenvalue weighted by molar-refractivity contribution is 7.80. The Hall–Kier alpha value is -3.10. The smallest absolute Gasteiger partial charge is 0.170 e. The average molecular weight is 511 g/mol. The van der Waals surface area contributed by atoms with Crippen molar-refractivity contribution in [3.05, 3.63) is 47.7 Å². The van der Waals surface area contributed by atoms with Crippen molar-refractivity contribution in [2.75, 3.05) is 32.6 Å². The number of nitrogens with zero attached hydrogens (tertiary/aromatic N) is 2. The van der Waals surface area contributed by atoms with Gasteiger partial charge in [-0.15, -0.1) is 0 Å². The van der Waals surface area contributed by atoms with Gasteiger partial charge in [-0.05, 0) is 89.2 Å². The SMILES string of the molecule is COc1cc2nccc(Oc3ccc(NC(=S)NCCN(C(C)C)C(C)C)c(C)c3C)c2cc1OC. The number of hydrogen-bond acceptors (Lipinski definition) is 6. The summed E-state index contributed by atoms with van der Waals surface area (Å²) in [5.74, 6) is 2.72. The molecule has 3 rings (SSSR count). The number of anilines is 1. The maximum Gasteiger partial charge on any atom is 0.170 e. The minimum absolute atomic E-state index is 0.492. The van der Waals surface area contributed by atoms with E-state index in [0.29, 0.717) is 34.4 Å². The van der Waals surface area contributed by atoms with E-state index in [4.69, 9.17) is 26.4 Å². The van der Waals surface area contributed by atoms with Crippen molar-refractivity contribution in [2.45, 2.75) is 53.6 Å². The van der Waals surface area contributed by atoms with Gasteiger partial charge in [0, 0.05) is 48.5 Å². The molecule has 0 unspecified atom stereocenters. The molecule has 8 heteroatoms. The number of rotatable bonds is 10. The number of thiocarbonyl (C=S) groups is 1. The summed E-state index contributed by atoms with van der Waals surface area (Å²) in [5, 5.41) is 8.12. The van der Waals surface area contributed by atoms with Crippen molar-refractivity contribution in [2.24, 2.45) is 0 Å². The average Bonchev–Trinajstić information content (AvgIpc) is 2.85. The summed E-state index contributed by atoms with van der Waals surface area (Å²) in [6.07, 6.45) is 1.73. The summed E-state index contributed by atoms with van der Waals surface area (Å²) < 4.78 is 17.2. The first-order chi connectivity index (χ1) is 17.2. The lowest BCUT2D eigenvalue weighted by atomic mass is 10.1. The summed E-state index contributed by atoms with van der Waals surface area (Å²) >= 11 is 5.56. The van der Waals surface area contributed by atoms with Crippen LogP contribution in [-0.2, 0) is 0 Å². The molecule has 0 amide bonds. The van der Waals surface area contributed by atoms with Gasteiger partial charge in [-0.25, -0.2) is 0 Å². The van der Waals surface area contributed by atoms with E-state index in [1.54, 1.807) is 20.4 Å². The molecule has 1 aromatic heterocycles. The summed E-state index contributed by atoms with van der Waals surface area (Å²) in [4.78, 5) is 6.89. The van der Waals surface area contributed by atoms with Gasteiger partial charge in [0.1, 0.15) is 11.5 Å². The number of aromatic nitrogens is 1. The third kappa shape index (κ3) is 6.36. The van der Waals surface area contributed by atoms with Gasteiger partial charge in [0.15, 0.2) is 16.6 Å². The van der Waals surface area contributed by atoms with Gasteiger partial charge in [0.2, 0.25) is 0 Å². The van der Waals surface area contributed by atoms with E-state index in [9.17, 15) is 0 Å². The van der Waals surface area contributed by atoms with Crippen LogP contribution in [0.25, 0.3) is 10.9 Å². The Balaban J connectivity index is 1.74. The third-order valence-corrected chi connectivity index (χ3v) is 6.64. The molecule has 7 nitrogen and oxygen atoms in total. The Morgan fingerprint density at radius 1 is 0.917 bits per heavy atom. The number of pyridine rings is 1. The number of benzene rings is 2. The lowest BCUT2D eigenvalue weighted by Crippen LogP contribution is -2.43. The number of ether oxygens (including phenoxy) is 3. The molecule has 0 aliphatic rings. The van der Waals surface area contributed by atoms with Crippen LogP contribution in [0.3, 0.4) is 0 Å². The van der Waals surface area contributed by atoms with Crippen LogP contribution in [0.2, 0.25) is 0 Å². The summed E-state index contributed by atoms with van der Waals surface area (Å²) in [6, 6.07) is 10.5. The predicted octanol–water partition coefficient (Wildman–Crippen LogP) is 6.07. The zero-order valence-electron chi connectivity index (χ0n) is 22.6. The molecule has 0 bridgehead atoms. The topological polar surface area (TPSA) is 67.9 Å². The zero-order valence-corrected chi connectivity index (χ0v) is 23.4. The van der Waals surface area contributed by atoms with Crippen LogP contribution >= 0.6 is 12.2 Å². The van der Waals surface area contributed by atoms with Crippen molar-refractivity contribution < 1.29 is 14.2 Å². The van der Waals surface area contributed by atoms with Crippen LogP contribution in [0, 0.1) is 13.8 Å². The van der Waals surface area contributed by atoms with E-state index in [0.717, 1.165) is 46.6 Å². The number of fused-ring (bicyclic) bond motifs is 1. The molecule has 194 valence electrons. The second kappa shape index (κ2) is 12.2. The fraction of sp³-hybridized carbons (Fsp3) is 0.429. The van der Waals surface area contributed by atoms with Crippen LogP contribution in [0.1, 0.15) is 38.8 Å². The number of nitrogens with one attached hydrogen (secondary N) is 2. The Labute approximate surface area is 220 Å². The molecule has 36 heavy (non-hydrogen) atoms. The molecule has 0 atom stereocenters. The third-order valence-electron chi connectivity index (χ3n) is 6.39. The first kappa shape index (κ1) is 27.5. The lowest BCUT2D eigenvalue weighted by Gasteiger charge is -2.30. The van der Waals surface area contributed by atoms with Crippen LogP contribution in [-0.4, -0.2) is 54.4 Å². The summed E-state index contributed by atoms with van der Waals surface area (Å²) in [6.45, 7) is 14.7. The van der Waals surface area contributed by atoms with Crippen LogP contribution in [0.4, 0.5) is 5.69 Å². The fourth-order valence-corrected chi connectivity index (χ4v) is 4.49. The van der Waals surface area contributed by atoms with E-state index in [1.165, 1.54) is 0 Å². The van der Waals surface area contributed by atoms with Gasteiger partial charge >= 0.3 is 0 Å². The highest BCUT2D eigenvalue weighted by atomic mass is 32.1. The molecule has 1 heterocycles. The van der Waals surface area contributed by atoms with E-state index in [-0.39, 0.29) is 0 Å². The maximum absolute atomic E-state index is 6.35. The Kier molecular flexibility index (Phi) is 9.34. The highest BCUT2D eigenvalue weighted by Gasteiger charge is 2.15. The Bertz CT molecular complexity index is 1210. The normalized spacial score (nSPS) is 11.3. The fourth-order valence-electron chi connectivity index (χ4n) is 4.27. The van der Waals surface area contributed by atoms with Gasteiger partial charge in [0.05, 0.1) is 19.7 Å². The largest absolute Gasteiger partial charge is 0.493 e. The highest BCUT2D eigenvalue weighted by Crippen LogP contribution is 2.38. The molecule has 2 aromatic carbocycles. The van der Waals surface area contributed by atoms with Gasteiger partial charge < -0.3 is 24.8 Å². The number of hydrogen-bond donors (Lipinski definition) is 2. The van der Waals surface area contributed by atoms with E-state index >= 15 is 0 Å². The summed E-state index contributed by atoms with van der Waals surface area (Å²) in [7, 11) is 3.22. The molecular weight excluding hydrogens is 472 g/mol. The molecule has 0 saturated heterocycles. The van der Waals surface area contributed by atoms with Gasteiger partial charge in [-0.2, -0.15) is 0 Å². The zero-order chi connectivity index (χ0) is 26.4. The molecule has 0 aliphatic carbocycles. The van der Waals surface area contributed by atoms with Crippen LogP contribution < -0.4 is 24.8 Å². The maximum atomic E-state index is 6.35. The Morgan fingerprint density at radius 2 is 1.58 bits per heavy atom. The first-order valence-electron chi connectivity index (χ1n) is 12.3. The molecular formula is C28H38N4O3S. The second-order valence-electron chi connectivity index (χ2n) is 9.30. The van der Waals surface area contributed by atoms with Crippen molar-refractivity contribution in [3.8, 4) is 23.0 Å². The minimum Gasteiger partial charge on any atom is -0.493 e. The van der Waals surface area contributed by atoms with E-state index < -0.39 is 0 Å². The van der Waals surface area contributed by atoms with Gasteiger partial charge in [-0.1, -0.05) is 0 Å². The standard InChI is InChI=1S/C28H38N4O3S/c1-17(2)32(18(3)4)14-13-30-28(36)31-22-9-10-24(20(6)19(22)5)35-25-11-12-29-23-16-27(34-8)26(33-7)15-21(23)25/h9-12,15-18H,13-14H2,1-8H3,(H2,30,31,36). The molecule has 0 saturated carbocycles. The summed E-state index contributed by atoms with van der Waals surface area (Å²) in [5.41, 5.74) is 3.81. The molecule has 3 aromatic rings. The quantitative estimate of drug-likeness (QED) is 0.319. The van der Waals surface area contributed by atoms with Crippen LogP contribution in [0.15, 0.2) is 36.5 Å². The predicted molar refractivity (Wildman–Crippen MR) is 152 cm³/mol. The van der Waals surface area contributed by atoms with Crippen molar-refractivity contribution in [1.29, 1.82) is 0 Å². The van der Waals surface area contributed by atoms with Gasteiger partial charge in [-0.3, -0.25) is 9.88 Å². The van der Waals surface area contributed by atoms with E-state index in [1.807, 2.05) is 37.3 Å². The van der Waals surface area contributed by atoms with Gasteiger partial charge in [0.25, 0.3) is 0 Å².